The van der Waals surface area contributed by atoms with E-state index in [2.05, 4.69) is 53.8 Å². The van der Waals surface area contributed by atoms with Gasteiger partial charge in [0.15, 0.2) is 0 Å². The normalized spacial score (nSPS) is 21.8. The molecule has 5 heteroatoms. The quantitative estimate of drug-likeness (QED) is 0.911. The summed E-state index contributed by atoms with van der Waals surface area (Å²) in [5, 5.41) is 2.80. The Morgan fingerprint density at radius 3 is 2.15 bits per heavy atom. The summed E-state index contributed by atoms with van der Waals surface area (Å²) in [5.74, 6) is 0.0173. The van der Waals surface area contributed by atoms with E-state index < -0.39 is 6.04 Å². The molecule has 0 radical (unpaired) electrons. The summed E-state index contributed by atoms with van der Waals surface area (Å²) in [6.45, 7) is 1.80. The van der Waals surface area contributed by atoms with Gasteiger partial charge >= 0.3 is 6.03 Å². The molecular weight excluding hydrogens is 338 g/mol. The van der Waals surface area contributed by atoms with Gasteiger partial charge in [-0.25, -0.2) is 4.79 Å². The van der Waals surface area contributed by atoms with E-state index in [4.69, 9.17) is 0 Å². The number of nitrogens with zero attached hydrogens (tertiary/aromatic N) is 2. The number of hydrogen-bond acceptors (Lipinski definition) is 2. The SMILES string of the molecule is CN1C[C@@H](C(=O)N2CCCC(c3ccccc3)(c3ccccc3)C2)NC1=O. The van der Waals surface area contributed by atoms with E-state index in [-0.39, 0.29) is 17.4 Å². The van der Waals surface area contributed by atoms with Crippen molar-refractivity contribution in [1.82, 2.24) is 15.1 Å². The van der Waals surface area contributed by atoms with Crippen molar-refractivity contribution in [2.24, 2.45) is 0 Å². The maximum Gasteiger partial charge on any atom is 0.317 e. The average molecular weight is 363 g/mol. The van der Waals surface area contributed by atoms with Crippen molar-refractivity contribution in [2.45, 2.75) is 24.3 Å². The summed E-state index contributed by atoms with van der Waals surface area (Å²) in [6.07, 6.45) is 1.94. The lowest BCUT2D eigenvalue weighted by molar-refractivity contribution is -0.134. The zero-order chi connectivity index (χ0) is 18.9. The molecule has 2 saturated heterocycles. The van der Waals surface area contributed by atoms with Crippen LogP contribution in [0.2, 0.25) is 0 Å². The number of nitrogens with one attached hydrogen (secondary N) is 1. The van der Waals surface area contributed by atoms with Crippen molar-refractivity contribution in [2.75, 3.05) is 26.7 Å². The zero-order valence-corrected chi connectivity index (χ0v) is 15.6. The molecule has 140 valence electrons. The van der Waals surface area contributed by atoms with Crippen LogP contribution in [0.25, 0.3) is 0 Å². The first-order valence-electron chi connectivity index (χ1n) is 9.52. The van der Waals surface area contributed by atoms with Crippen LogP contribution in [0.1, 0.15) is 24.0 Å². The molecule has 0 bridgehead atoms. The lowest BCUT2D eigenvalue weighted by atomic mass is 9.69. The van der Waals surface area contributed by atoms with Gasteiger partial charge in [-0.2, -0.15) is 0 Å². The third kappa shape index (κ3) is 3.18. The number of benzene rings is 2. The molecule has 2 fully saturated rings. The summed E-state index contributed by atoms with van der Waals surface area (Å²) in [7, 11) is 1.72. The second-order valence-electron chi connectivity index (χ2n) is 7.56. The first kappa shape index (κ1) is 17.6. The lowest BCUT2D eigenvalue weighted by Gasteiger charge is -2.44. The molecule has 0 spiro atoms. The van der Waals surface area contributed by atoms with Crippen molar-refractivity contribution in [1.29, 1.82) is 0 Å². The van der Waals surface area contributed by atoms with E-state index >= 15 is 0 Å². The van der Waals surface area contributed by atoms with Crippen LogP contribution in [-0.4, -0.2) is 54.5 Å². The molecule has 1 N–H and O–H groups in total. The van der Waals surface area contributed by atoms with Crippen LogP contribution in [0.4, 0.5) is 4.79 Å². The largest absolute Gasteiger partial charge is 0.340 e. The van der Waals surface area contributed by atoms with Crippen molar-refractivity contribution in [3.8, 4) is 0 Å². The second kappa shape index (κ2) is 7.06. The standard InChI is InChI=1S/C22H25N3O2/c1-24-15-19(23-21(24)27)20(26)25-14-8-13-22(16-25,17-9-4-2-5-10-17)18-11-6-3-7-12-18/h2-7,9-12,19H,8,13-16H2,1H3,(H,23,27)/t19-/m0/s1. The number of urea groups is 1. The minimum atomic E-state index is -0.454. The Morgan fingerprint density at radius 1 is 1.04 bits per heavy atom. The molecule has 0 aliphatic carbocycles. The Morgan fingerprint density at radius 2 is 1.63 bits per heavy atom. The van der Waals surface area contributed by atoms with Gasteiger partial charge < -0.3 is 15.1 Å². The average Bonchev–Trinajstić information content (AvgIpc) is 3.07. The van der Waals surface area contributed by atoms with Crippen molar-refractivity contribution in [3.05, 3.63) is 71.8 Å². The third-order valence-electron chi connectivity index (χ3n) is 5.86. The Bertz CT molecular complexity index is 782. The Hall–Kier alpha value is -2.82. The lowest BCUT2D eigenvalue weighted by Crippen LogP contribution is -2.54. The number of hydrogen-bond donors (Lipinski definition) is 1. The van der Waals surface area contributed by atoms with Crippen LogP contribution in [-0.2, 0) is 10.2 Å². The highest BCUT2D eigenvalue weighted by atomic mass is 16.2. The van der Waals surface area contributed by atoms with Gasteiger partial charge in [0.2, 0.25) is 5.91 Å². The highest BCUT2D eigenvalue weighted by molar-refractivity contribution is 5.90. The molecule has 0 aromatic heterocycles. The molecule has 0 unspecified atom stereocenters. The molecule has 2 aliphatic heterocycles. The van der Waals surface area contributed by atoms with Gasteiger partial charge in [-0.15, -0.1) is 0 Å². The molecule has 0 saturated carbocycles. The van der Waals surface area contributed by atoms with Crippen LogP contribution in [0.5, 0.6) is 0 Å². The molecule has 5 nitrogen and oxygen atoms in total. The van der Waals surface area contributed by atoms with E-state index in [1.54, 1.807) is 11.9 Å². The highest BCUT2D eigenvalue weighted by Gasteiger charge is 2.42. The van der Waals surface area contributed by atoms with Crippen molar-refractivity contribution < 1.29 is 9.59 Å². The third-order valence-corrected chi connectivity index (χ3v) is 5.86. The van der Waals surface area contributed by atoms with E-state index in [1.807, 2.05) is 17.0 Å². The molecule has 2 aromatic carbocycles. The molecule has 27 heavy (non-hydrogen) atoms. The Kier molecular flexibility index (Phi) is 4.60. The van der Waals surface area contributed by atoms with E-state index in [1.165, 1.54) is 11.1 Å². The molecule has 4 rings (SSSR count). The molecule has 1 atom stereocenters. The smallest absolute Gasteiger partial charge is 0.317 e. The first-order chi connectivity index (χ1) is 13.1. The van der Waals surface area contributed by atoms with Gasteiger partial charge in [0.05, 0.1) is 6.54 Å². The number of piperidine rings is 1. The topological polar surface area (TPSA) is 52.7 Å². The zero-order valence-electron chi connectivity index (χ0n) is 15.6. The van der Waals surface area contributed by atoms with E-state index in [9.17, 15) is 9.59 Å². The molecule has 2 aromatic rings. The van der Waals surface area contributed by atoms with Gasteiger partial charge in [-0.1, -0.05) is 60.7 Å². The van der Waals surface area contributed by atoms with Gasteiger partial charge in [-0.05, 0) is 24.0 Å². The van der Waals surface area contributed by atoms with Crippen LogP contribution >= 0.6 is 0 Å². The summed E-state index contributed by atoms with van der Waals surface area (Å²) < 4.78 is 0. The Balaban J connectivity index is 1.67. The van der Waals surface area contributed by atoms with E-state index in [0.717, 1.165) is 19.4 Å². The molecular formula is C22H25N3O2. The van der Waals surface area contributed by atoms with E-state index in [0.29, 0.717) is 13.1 Å². The number of carbonyl (C=O) groups is 2. The van der Waals surface area contributed by atoms with Crippen LogP contribution in [0.15, 0.2) is 60.7 Å². The summed E-state index contributed by atoms with van der Waals surface area (Å²) in [6, 6.07) is 20.3. The monoisotopic (exact) mass is 363 g/mol. The summed E-state index contributed by atoms with van der Waals surface area (Å²) in [5.41, 5.74) is 2.26. The predicted molar refractivity (Wildman–Crippen MR) is 104 cm³/mol. The fraction of sp³-hybridized carbons (Fsp3) is 0.364. The highest BCUT2D eigenvalue weighted by Crippen LogP contribution is 2.40. The maximum absolute atomic E-state index is 13.1. The van der Waals surface area contributed by atoms with Crippen LogP contribution in [0.3, 0.4) is 0 Å². The van der Waals surface area contributed by atoms with Gasteiger partial charge in [0.25, 0.3) is 0 Å². The number of likely N-dealkylation sites (tertiary alicyclic amines) is 1. The second-order valence-corrected chi connectivity index (χ2v) is 7.56. The summed E-state index contributed by atoms with van der Waals surface area (Å²) in [4.78, 5) is 28.4. The number of carbonyl (C=O) groups excluding carboxylic acids is 2. The Labute approximate surface area is 160 Å². The van der Waals surface area contributed by atoms with Crippen LogP contribution in [0, 0.1) is 0 Å². The molecule has 2 heterocycles. The van der Waals surface area contributed by atoms with Crippen LogP contribution < -0.4 is 5.32 Å². The first-order valence-corrected chi connectivity index (χ1v) is 9.52. The fourth-order valence-corrected chi connectivity index (χ4v) is 4.42. The van der Waals surface area contributed by atoms with Gasteiger partial charge in [0, 0.05) is 25.6 Å². The van der Waals surface area contributed by atoms with Gasteiger partial charge in [0.1, 0.15) is 6.04 Å². The molecule has 3 amide bonds. The van der Waals surface area contributed by atoms with Crippen molar-refractivity contribution in [3.63, 3.8) is 0 Å². The predicted octanol–water partition coefficient (Wildman–Crippen LogP) is 2.62. The minimum absolute atomic E-state index is 0.0173. The maximum atomic E-state index is 13.1. The minimum Gasteiger partial charge on any atom is -0.340 e. The number of rotatable bonds is 3. The molecule has 2 aliphatic rings. The fourth-order valence-electron chi connectivity index (χ4n) is 4.42. The number of likely N-dealkylation sites (N-methyl/N-ethyl adjacent to an activating group) is 1. The van der Waals surface area contributed by atoms with Crippen molar-refractivity contribution >= 4 is 11.9 Å². The van der Waals surface area contributed by atoms with Gasteiger partial charge in [-0.3, -0.25) is 4.79 Å². The summed E-state index contributed by atoms with van der Waals surface area (Å²) >= 11 is 0. The number of amides is 3.